The Balaban J connectivity index is 2.27. The van der Waals surface area contributed by atoms with Crippen molar-refractivity contribution in [3.05, 3.63) is 83.1 Å². The van der Waals surface area contributed by atoms with Crippen molar-refractivity contribution in [2.24, 2.45) is 0 Å². The van der Waals surface area contributed by atoms with Gasteiger partial charge < -0.3 is 4.98 Å². The molecule has 0 aliphatic heterocycles. The summed E-state index contributed by atoms with van der Waals surface area (Å²) in [7, 11) is 0. The topological polar surface area (TPSA) is 109 Å². The minimum Gasteiger partial charge on any atom is -0.301 e. The SMILES string of the molecule is O=c1[nH]c(C=CC=Cc2ccc(Br)cc2)c([N+](=O)[O-])c(=O)[nH]1. The van der Waals surface area contributed by atoms with E-state index in [0.717, 1.165) is 10.0 Å². The second-order valence-corrected chi connectivity index (χ2v) is 5.11. The third-order valence-corrected chi connectivity index (χ3v) is 3.19. The van der Waals surface area contributed by atoms with Crippen molar-refractivity contribution in [3.8, 4) is 0 Å². The van der Waals surface area contributed by atoms with Crippen LogP contribution in [0.1, 0.15) is 11.3 Å². The molecule has 0 radical (unpaired) electrons. The lowest BCUT2D eigenvalue weighted by atomic mass is 10.2. The fourth-order valence-corrected chi connectivity index (χ4v) is 1.96. The molecule has 2 rings (SSSR count). The molecule has 0 bridgehead atoms. The number of nitro groups is 1. The van der Waals surface area contributed by atoms with Crippen LogP contribution in [-0.2, 0) is 0 Å². The molecule has 0 saturated heterocycles. The van der Waals surface area contributed by atoms with Gasteiger partial charge in [0.25, 0.3) is 0 Å². The molecule has 1 aromatic heterocycles. The molecule has 2 aromatic rings. The summed E-state index contributed by atoms with van der Waals surface area (Å²) in [6.07, 6.45) is 6.22. The number of hydrogen-bond acceptors (Lipinski definition) is 4. The van der Waals surface area contributed by atoms with Crippen molar-refractivity contribution in [1.29, 1.82) is 0 Å². The maximum absolute atomic E-state index is 11.4. The van der Waals surface area contributed by atoms with Gasteiger partial charge >= 0.3 is 16.9 Å². The highest BCUT2D eigenvalue weighted by Crippen LogP contribution is 2.12. The number of nitrogens with one attached hydrogen (secondary N) is 2. The Labute approximate surface area is 132 Å². The zero-order valence-corrected chi connectivity index (χ0v) is 12.7. The first kappa shape index (κ1) is 15.6. The second-order valence-electron chi connectivity index (χ2n) is 4.20. The first-order valence-corrected chi connectivity index (χ1v) is 6.88. The molecular weight excluding hydrogens is 354 g/mol. The van der Waals surface area contributed by atoms with E-state index in [0.29, 0.717) is 0 Å². The fraction of sp³-hybridized carbons (Fsp3) is 0. The summed E-state index contributed by atoms with van der Waals surface area (Å²) >= 11 is 3.32. The predicted octanol–water partition coefficient (Wildman–Crippen LogP) is 2.46. The summed E-state index contributed by atoms with van der Waals surface area (Å²) in [5, 5.41) is 10.8. The van der Waals surface area contributed by atoms with E-state index in [-0.39, 0.29) is 5.69 Å². The first-order chi connectivity index (χ1) is 10.5. The molecule has 0 aliphatic carbocycles. The molecule has 0 aliphatic rings. The lowest BCUT2D eigenvalue weighted by Gasteiger charge is -1.95. The molecule has 0 fully saturated rings. The van der Waals surface area contributed by atoms with Crippen LogP contribution in [0.3, 0.4) is 0 Å². The third kappa shape index (κ3) is 3.89. The molecule has 0 unspecified atom stereocenters. The summed E-state index contributed by atoms with van der Waals surface area (Å²) in [6.45, 7) is 0. The van der Waals surface area contributed by atoms with E-state index in [4.69, 9.17) is 0 Å². The molecule has 1 aromatic carbocycles. The van der Waals surface area contributed by atoms with Gasteiger partial charge in [0.1, 0.15) is 5.69 Å². The predicted molar refractivity (Wildman–Crippen MR) is 86.5 cm³/mol. The number of nitrogens with zero attached hydrogens (tertiary/aromatic N) is 1. The number of aromatic amines is 2. The van der Waals surface area contributed by atoms with Crippen LogP contribution in [0.4, 0.5) is 5.69 Å². The molecule has 8 heteroatoms. The van der Waals surface area contributed by atoms with Gasteiger partial charge in [-0.3, -0.25) is 19.9 Å². The van der Waals surface area contributed by atoms with Crippen LogP contribution in [0.15, 0.2) is 50.5 Å². The van der Waals surface area contributed by atoms with Gasteiger partial charge in [-0.1, -0.05) is 46.3 Å². The van der Waals surface area contributed by atoms with Crippen LogP contribution in [0, 0.1) is 10.1 Å². The molecule has 2 N–H and O–H groups in total. The quantitative estimate of drug-likeness (QED) is 0.493. The van der Waals surface area contributed by atoms with Gasteiger partial charge in [0.15, 0.2) is 0 Å². The number of aromatic nitrogens is 2. The van der Waals surface area contributed by atoms with Gasteiger partial charge in [0, 0.05) is 4.47 Å². The van der Waals surface area contributed by atoms with Crippen LogP contribution in [-0.4, -0.2) is 14.9 Å². The Bertz CT molecular complexity index is 863. The van der Waals surface area contributed by atoms with Crippen molar-refractivity contribution >= 4 is 33.8 Å². The van der Waals surface area contributed by atoms with E-state index in [1.54, 1.807) is 12.2 Å². The number of H-pyrrole nitrogens is 2. The van der Waals surface area contributed by atoms with Crippen LogP contribution < -0.4 is 11.2 Å². The zero-order valence-electron chi connectivity index (χ0n) is 11.1. The Morgan fingerprint density at radius 2 is 1.68 bits per heavy atom. The molecular formula is C14H10BrN3O4. The van der Waals surface area contributed by atoms with Gasteiger partial charge in [-0.2, -0.15) is 0 Å². The van der Waals surface area contributed by atoms with Crippen LogP contribution >= 0.6 is 15.9 Å². The standard InChI is InChI=1S/C14H10BrN3O4/c15-10-7-5-9(6-8-10)3-1-2-4-11-12(18(21)22)13(19)17-14(20)16-11/h1-8H,(H2,16,17,19,20). The average Bonchev–Trinajstić information content (AvgIpc) is 2.44. The Kier molecular flexibility index (Phi) is 4.84. The number of hydrogen-bond donors (Lipinski definition) is 2. The lowest BCUT2D eigenvalue weighted by Crippen LogP contribution is -2.25. The van der Waals surface area contributed by atoms with Crippen molar-refractivity contribution in [2.45, 2.75) is 0 Å². The number of halogens is 1. The lowest BCUT2D eigenvalue weighted by molar-refractivity contribution is -0.386. The van der Waals surface area contributed by atoms with E-state index >= 15 is 0 Å². The van der Waals surface area contributed by atoms with Gasteiger partial charge in [-0.05, 0) is 23.8 Å². The highest BCUT2D eigenvalue weighted by atomic mass is 79.9. The molecule has 0 saturated carbocycles. The molecule has 112 valence electrons. The Morgan fingerprint density at radius 1 is 1.05 bits per heavy atom. The van der Waals surface area contributed by atoms with E-state index < -0.39 is 21.9 Å². The molecule has 22 heavy (non-hydrogen) atoms. The van der Waals surface area contributed by atoms with Crippen molar-refractivity contribution in [2.75, 3.05) is 0 Å². The number of allylic oxidation sites excluding steroid dienone is 2. The summed E-state index contributed by atoms with van der Waals surface area (Å²) in [5.74, 6) is 0. The largest absolute Gasteiger partial charge is 0.357 e. The van der Waals surface area contributed by atoms with Crippen LogP contribution in [0.2, 0.25) is 0 Å². The maximum Gasteiger partial charge on any atom is 0.357 e. The van der Waals surface area contributed by atoms with Crippen molar-refractivity contribution in [3.63, 3.8) is 0 Å². The Hall–Kier alpha value is -2.74. The summed E-state index contributed by atoms with van der Waals surface area (Å²) < 4.78 is 0.955. The van der Waals surface area contributed by atoms with E-state index in [9.17, 15) is 19.7 Å². The monoisotopic (exact) mass is 363 g/mol. The Morgan fingerprint density at radius 3 is 2.32 bits per heavy atom. The third-order valence-electron chi connectivity index (χ3n) is 2.66. The van der Waals surface area contributed by atoms with E-state index in [1.165, 1.54) is 12.2 Å². The molecule has 7 nitrogen and oxygen atoms in total. The van der Waals surface area contributed by atoms with Gasteiger partial charge in [-0.15, -0.1) is 0 Å². The van der Waals surface area contributed by atoms with E-state index in [1.807, 2.05) is 29.2 Å². The summed E-state index contributed by atoms with van der Waals surface area (Å²) in [5.41, 5.74) is -1.76. The molecule has 0 atom stereocenters. The minimum atomic E-state index is -1.04. The first-order valence-electron chi connectivity index (χ1n) is 6.08. The smallest absolute Gasteiger partial charge is 0.301 e. The van der Waals surface area contributed by atoms with Gasteiger partial charge in [0.2, 0.25) is 0 Å². The summed E-state index contributed by atoms with van der Waals surface area (Å²) in [4.78, 5) is 36.6. The zero-order chi connectivity index (χ0) is 16.1. The maximum atomic E-state index is 11.4. The fourth-order valence-electron chi connectivity index (χ4n) is 1.69. The minimum absolute atomic E-state index is 0.154. The van der Waals surface area contributed by atoms with Crippen molar-refractivity contribution in [1.82, 2.24) is 9.97 Å². The normalized spacial score (nSPS) is 11.3. The van der Waals surface area contributed by atoms with E-state index in [2.05, 4.69) is 20.9 Å². The van der Waals surface area contributed by atoms with Crippen LogP contribution in [0.5, 0.6) is 0 Å². The highest BCUT2D eigenvalue weighted by Gasteiger charge is 2.18. The summed E-state index contributed by atoms with van der Waals surface area (Å²) in [6, 6.07) is 7.52. The molecule has 0 spiro atoms. The molecule has 0 amide bonds. The number of rotatable bonds is 4. The average molecular weight is 364 g/mol. The number of benzene rings is 1. The van der Waals surface area contributed by atoms with Gasteiger partial charge in [-0.25, -0.2) is 4.79 Å². The van der Waals surface area contributed by atoms with Gasteiger partial charge in [0.05, 0.1) is 4.92 Å². The van der Waals surface area contributed by atoms with Crippen molar-refractivity contribution < 1.29 is 4.92 Å². The molecule has 1 heterocycles. The highest BCUT2D eigenvalue weighted by molar-refractivity contribution is 9.10. The second kappa shape index (κ2) is 6.81. The van der Waals surface area contributed by atoms with Crippen LogP contribution in [0.25, 0.3) is 12.2 Å².